The second kappa shape index (κ2) is 5.57. The van der Waals surface area contributed by atoms with Crippen molar-refractivity contribution in [1.29, 1.82) is 0 Å². The van der Waals surface area contributed by atoms with E-state index in [0.717, 1.165) is 12.0 Å². The Morgan fingerprint density at radius 3 is 2.06 bits per heavy atom. The van der Waals surface area contributed by atoms with E-state index in [-0.39, 0.29) is 0 Å². The third kappa shape index (κ3) is 3.02. The Hall–Kier alpha value is -0.980. The minimum atomic E-state index is 0.595. The molecule has 2 aromatic rings. The van der Waals surface area contributed by atoms with Crippen LogP contribution in [-0.4, -0.2) is 0 Å². The molecule has 0 amide bonds. The van der Waals surface area contributed by atoms with Crippen LogP contribution < -0.4 is 0 Å². The lowest BCUT2D eigenvalue weighted by molar-refractivity contribution is 0.922. The van der Waals surface area contributed by atoms with E-state index in [1.807, 2.05) is 18.2 Å². The van der Waals surface area contributed by atoms with Crippen molar-refractivity contribution in [3.63, 3.8) is 0 Å². The number of aryl methyl sites for hydroxylation is 1. The van der Waals surface area contributed by atoms with Gasteiger partial charge in [-0.05, 0) is 35.2 Å². The smallest absolute Gasteiger partial charge is 0.0598 e. The van der Waals surface area contributed by atoms with Gasteiger partial charge in [-0.1, -0.05) is 66.9 Å². The zero-order valence-corrected chi connectivity index (χ0v) is 11.2. The van der Waals surface area contributed by atoms with Gasteiger partial charge in [0.15, 0.2) is 0 Å². The third-order valence-electron chi connectivity index (χ3n) is 2.75. The van der Waals surface area contributed by atoms with Crippen LogP contribution in [0.15, 0.2) is 42.5 Å². The molecule has 0 saturated heterocycles. The second-order valence-corrected chi connectivity index (χ2v) is 4.89. The van der Waals surface area contributed by atoms with E-state index in [9.17, 15) is 0 Å². The zero-order chi connectivity index (χ0) is 12.3. The van der Waals surface area contributed by atoms with Gasteiger partial charge in [0.1, 0.15) is 0 Å². The van der Waals surface area contributed by atoms with E-state index < -0.39 is 0 Å². The fourth-order valence-electron chi connectivity index (χ4n) is 1.83. The van der Waals surface area contributed by atoms with E-state index >= 15 is 0 Å². The van der Waals surface area contributed by atoms with E-state index in [0.29, 0.717) is 10.0 Å². The lowest BCUT2D eigenvalue weighted by Crippen LogP contribution is -1.83. The van der Waals surface area contributed by atoms with E-state index in [1.165, 1.54) is 17.5 Å². The SMILES string of the molecule is CCCc1ccc(-c2ccc(Cl)c(Cl)c2)cc1. The maximum absolute atomic E-state index is 6.01. The molecule has 0 atom stereocenters. The van der Waals surface area contributed by atoms with E-state index in [1.54, 1.807) is 0 Å². The van der Waals surface area contributed by atoms with Crippen molar-refractivity contribution in [1.82, 2.24) is 0 Å². The Morgan fingerprint density at radius 2 is 1.47 bits per heavy atom. The first-order valence-electron chi connectivity index (χ1n) is 5.75. The molecule has 0 saturated carbocycles. The fourth-order valence-corrected chi connectivity index (χ4v) is 2.13. The lowest BCUT2D eigenvalue weighted by Gasteiger charge is -2.05. The first kappa shape index (κ1) is 12.5. The van der Waals surface area contributed by atoms with Crippen LogP contribution in [0.1, 0.15) is 18.9 Å². The summed E-state index contributed by atoms with van der Waals surface area (Å²) in [5, 5.41) is 1.19. The van der Waals surface area contributed by atoms with Crippen LogP contribution in [0.2, 0.25) is 10.0 Å². The largest absolute Gasteiger partial charge is 0.0827 e. The van der Waals surface area contributed by atoms with Gasteiger partial charge in [0.25, 0.3) is 0 Å². The molecule has 0 fully saturated rings. The third-order valence-corrected chi connectivity index (χ3v) is 3.48. The van der Waals surface area contributed by atoms with Gasteiger partial charge in [-0.25, -0.2) is 0 Å². The predicted octanol–water partition coefficient (Wildman–Crippen LogP) is 5.61. The van der Waals surface area contributed by atoms with E-state index in [4.69, 9.17) is 23.2 Å². The van der Waals surface area contributed by atoms with Crippen LogP contribution in [0.5, 0.6) is 0 Å². The molecule has 2 heteroatoms. The molecule has 88 valence electrons. The van der Waals surface area contributed by atoms with Crippen LogP contribution >= 0.6 is 23.2 Å². The van der Waals surface area contributed by atoms with Crippen molar-refractivity contribution in [2.75, 3.05) is 0 Å². The van der Waals surface area contributed by atoms with Crippen molar-refractivity contribution in [2.45, 2.75) is 19.8 Å². The summed E-state index contributed by atoms with van der Waals surface area (Å²) in [5.74, 6) is 0. The topological polar surface area (TPSA) is 0 Å². The molecule has 17 heavy (non-hydrogen) atoms. The van der Waals surface area contributed by atoms with Crippen LogP contribution in [0, 0.1) is 0 Å². The van der Waals surface area contributed by atoms with Crippen molar-refractivity contribution < 1.29 is 0 Å². The predicted molar refractivity (Wildman–Crippen MR) is 75.9 cm³/mol. The van der Waals surface area contributed by atoms with E-state index in [2.05, 4.69) is 31.2 Å². The summed E-state index contributed by atoms with van der Waals surface area (Å²) in [6, 6.07) is 14.3. The molecule has 0 aliphatic rings. The Labute approximate surface area is 112 Å². The lowest BCUT2D eigenvalue weighted by atomic mass is 10.0. The molecule has 0 unspecified atom stereocenters. The first-order valence-corrected chi connectivity index (χ1v) is 6.50. The summed E-state index contributed by atoms with van der Waals surface area (Å²) in [6.45, 7) is 2.19. The molecule has 0 heterocycles. The molecule has 0 nitrogen and oxygen atoms in total. The first-order chi connectivity index (χ1) is 8.20. The van der Waals surface area contributed by atoms with Crippen molar-refractivity contribution >= 4 is 23.2 Å². The maximum Gasteiger partial charge on any atom is 0.0598 e. The van der Waals surface area contributed by atoms with Gasteiger partial charge in [0.2, 0.25) is 0 Å². The Kier molecular flexibility index (Phi) is 4.09. The molecular formula is C15H14Cl2. The van der Waals surface area contributed by atoms with Crippen LogP contribution in [0.4, 0.5) is 0 Å². The second-order valence-electron chi connectivity index (χ2n) is 4.08. The summed E-state index contributed by atoms with van der Waals surface area (Å²) >= 11 is 11.9. The summed E-state index contributed by atoms with van der Waals surface area (Å²) in [4.78, 5) is 0. The molecule has 0 aromatic heterocycles. The summed E-state index contributed by atoms with van der Waals surface area (Å²) < 4.78 is 0. The van der Waals surface area contributed by atoms with Gasteiger partial charge < -0.3 is 0 Å². The van der Waals surface area contributed by atoms with Crippen molar-refractivity contribution in [3.05, 3.63) is 58.1 Å². The molecule has 0 radical (unpaired) electrons. The molecule has 2 rings (SSSR count). The van der Waals surface area contributed by atoms with Gasteiger partial charge in [-0.3, -0.25) is 0 Å². The molecule has 2 aromatic carbocycles. The molecule has 0 spiro atoms. The molecule has 0 bridgehead atoms. The van der Waals surface area contributed by atoms with Gasteiger partial charge in [0.05, 0.1) is 10.0 Å². The number of rotatable bonds is 3. The highest BCUT2D eigenvalue weighted by Gasteiger charge is 2.02. The van der Waals surface area contributed by atoms with Crippen molar-refractivity contribution in [2.24, 2.45) is 0 Å². The highest BCUT2D eigenvalue weighted by Crippen LogP contribution is 2.28. The highest BCUT2D eigenvalue weighted by atomic mass is 35.5. The average Bonchev–Trinajstić information content (AvgIpc) is 2.34. The normalized spacial score (nSPS) is 10.5. The Bertz CT molecular complexity index is 501. The van der Waals surface area contributed by atoms with Gasteiger partial charge in [-0.2, -0.15) is 0 Å². The standard InChI is InChI=1S/C15H14Cl2/c1-2-3-11-4-6-12(7-5-11)13-8-9-14(16)15(17)10-13/h4-10H,2-3H2,1H3. The summed E-state index contributed by atoms with van der Waals surface area (Å²) in [5.41, 5.74) is 3.64. The molecule has 0 aliphatic carbocycles. The number of hydrogen-bond donors (Lipinski definition) is 0. The Morgan fingerprint density at radius 1 is 0.824 bits per heavy atom. The Balaban J connectivity index is 2.30. The van der Waals surface area contributed by atoms with Gasteiger partial charge in [-0.15, -0.1) is 0 Å². The molecule has 0 aliphatic heterocycles. The molecular weight excluding hydrogens is 251 g/mol. The number of hydrogen-bond acceptors (Lipinski definition) is 0. The minimum Gasteiger partial charge on any atom is -0.0827 e. The molecule has 0 N–H and O–H groups in total. The zero-order valence-electron chi connectivity index (χ0n) is 9.71. The van der Waals surface area contributed by atoms with Crippen molar-refractivity contribution in [3.8, 4) is 11.1 Å². The fraction of sp³-hybridized carbons (Fsp3) is 0.200. The number of benzene rings is 2. The minimum absolute atomic E-state index is 0.595. The maximum atomic E-state index is 6.01. The van der Waals surface area contributed by atoms with Gasteiger partial charge in [0, 0.05) is 0 Å². The monoisotopic (exact) mass is 264 g/mol. The number of halogens is 2. The quantitative estimate of drug-likeness (QED) is 0.676. The summed E-state index contributed by atoms with van der Waals surface area (Å²) in [7, 11) is 0. The van der Waals surface area contributed by atoms with Crippen LogP contribution in [0.3, 0.4) is 0 Å². The highest BCUT2D eigenvalue weighted by molar-refractivity contribution is 6.42. The summed E-state index contributed by atoms with van der Waals surface area (Å²) in [6.07, 6.45) is 2.30. The van der Waals surface area contributed by atoms with Gasteiger partial charge >= 0.3 is 0 Å². The average molecular weight is 265 g/mol. The van der Waals surface area contributed by atoms with Crippen LogP contribution in [-0.2, 0) is 6.42 Å². The van der Waals surface area contributed by atoms with Crippen LogP contribution in [0.25, 0.3) is 11.1 Å².